The molecule has 0 radical (unpaired) electrons. The molecule has 10 nitrogen and oxygen atoms in total. The quantitative estimate of drug-likeness (QED) is 0.147. The minimum absolute atomic E-state index is 0.00790. The van der Waals surface area contributed by atoms with Crippen molar-refractivity contribution in [1.29, 1.82) is 0 Å². The van der Waals surface area contributed by atoms with Crippen LogP contribution in [0, 0.1) is 11.6 Å². The maximum Gasteiger partial charge on any atom is 0.407 e. The molecule has 0 saturated carbocycles. The van der Waals surface area contributed by atoms with Gasteiger partial charge >= 0.3 is 6.09 Å². The lowest BCUT2D eigenvalue weighted by molar-refractivity contribution is -0.124. The first-order chi connectivity index (χ1) is 22.8. The number of ether oxygens (including phenoxy) is 1. The summed E-state index contributed by atoms with van der Waals surface area (Å²) < 4.78 is 33.5. The molecule has 3 atom stereocenters. The number of carbonyl (C=O) groups is 3. The summed E-state index contributed by atoms with van der Waals surface area (Å²) >= 11 is 0. The number of rotatable bonds is 12. The Bertz CT molecular complexity index is 1710. The van der Waals surface area contributed by atoms with Crippen LogP contribution < -0.4 is 21.7 Å². The SMILES string of the molecule is CC(C)(C)OC(=O)NC(CNC(=O)c1cccc(NC(=O)[C@@H](O)[C@H](N)Cc2ccc(-c3cccnc3)cc2)c1)Cc1cc(F)ccc1F. The number of amides is 3. The Morgan fingerprint density at radius 1 is 0.938 bits per heavy atom. The summed E-state index contributed by atoms with van der Waals surface area (Å²) in [6, 6.07) is 18.6. The van der Waals surface area contributed by atoms with Gasteiger partial charge in [-0.3, -0.25) is 14.6 Å². The van der Waals surface area contributed by atoms with Crippen molar-refractivity contribution < 1.29 is 33.0 Å². The normalized spacial score (nSPS) is 13.1. The highest BCUT2D eigenvalue weighted by Gasteiger charge is 2.25. The number of carbonyl (C=O) groups excluding carboxylic acids is 3. The van der Waals surface area contributed by atoms with Crippen molar-refractivity contribution in [3.8, 4) is 11.1 Å². The Kier molecular flexibility index (Phi) is 11.9. The Labute approximate surface area is 277 Å². The second-order valence-corrected chi connectivity index (χ2v) is 12.3. The van der Waals surface area contributed by atoms with Crippen molar-refractivity contribution in [2.75, 3.05) is 11.9 Å². The van der Waals surface area contributed by atoms with Gasteiger partial charge in [0.05, 0.1) is 6.04 Å². The highest BCUT2D eigenvalue weighted by Crippen LogP contribution is 2.20. The Morgan fingerprint density at radius 2 is 1.69 bits per heavy atom. The number of aliphatic hydroxyl groups excluding tert-OH is 1. The maximum absolute atomic E-state index is 14.4. The summed E-state index contributed by atoms with van der Waals surface area (Å²) in [4.78, 5) is 42.5. The van der Waals surface area contributed by atoms with Crippen LogP contribution >= 0.6 is 0 Å². The number of aliphatic hydroxyl groups is 1. The van der Waals surface area contributed by atoms with Gasteiger partial charge in [0.15, 0.2) is 0 Å². The van der Waals surface area contributed by atoms with Crippen molar-refractivity contribution in [2.24, 2.45) is 5.73 Å². The van der Waals surface area contributed by atoms with Crippen LogP contribution in [-0.4, -0.2) is 58.3 Å². The molecule has 4 rings (SSSR count). The van der Waals surface area contributed by atoms with Gasteiger partial charge in [-0.1, -0.05) is 36.4 Å². The summed E-state index contributed by atoms with van der Waals surface area (Å²) in [6.07, 6.45) is 1.23. The molecule has 1 unspecified atom stereocenters. The fourth-order valence-electron chi connectivity index (χ4n) is 4.83. The predicted octanol–water partition coefficient (Wildman–Crippen LogP) is 4.76. The van der Waals surface area contributed by atoms with Crippen molar-refractivity contribution in [3.63, 3.8) is 0 Å². The van der Waals surface area contributed by atoms with E-state index in [9.17, 15) is 28.3 Å². The van der Waals surface area contributed by atoms with Crippen LogP contribution in [0.4, 0.5) is 19.3 Å². The molecular weight excluding hydrogens is 620 g/mol. The molecule has 252 valence electrons. The molecule has 0 aliphatic carbocycles. The lowest BCUT2D eigenvalue weighted by Crippen LogP contribution is -2.46. The van der Waals surface area contributed by atoms with Crippen molar-refractivity contribution in [1.82, 2.24) is 15.6 Å². The molecule has 12 heteroatoms. The van der Waals surface area contributed by atoms with Crippen molar-refractivity contribution in [2.45, 2.75) is 57.4 Å². The van der Waals surface area contributed by atoms with Crippen LogP contribution in [0.2, 0.25) is 0 Å². The predicted molar refractivity (Wildman–Crippen MR) is 178 cm³/mol. The minimum Gasteiger partial charge on any atom is -0.444 e. The van der Waals surface area contributed by atoms with Crippen LogP contribution in [0.15, 0.2) is 91.3 Å². The first kappa shape index (κ1) is 35.7. The summed E-state index contributed by atoms with van der Waals surface area (Å²) in [6.45, 7) is 4.88. The Hall–Kier alpha value is -5.20. The molecule has 1 heterocycles. The summed E-state index contributed by atoms with van der Waals surface area (Å²) in [5, 5.41) is 18.5. The maximum atomic E-state index is 14.4. The molecule has 4 aromatic rings. The fraction of sp³-hybridized carbons (Fsp3) is 0.278. The molecule has 3 aromatic carbocycles. The molecule has 48 heavy (non-hydrogen) atoms. The Balaban J connectivity index is 1.35. The third-order valence-electron chi connectivity index (χ3n) is 7.19. The first-order valence-corrected chi connectivity index (χ1v) is 15.3. The third kappa shape index (κ3) is 10.7. The molecule has 0 bridgehead atoms. The molecular formula is C36H39F2N5O5. The van der Waals surface area contributed by atoms with E-state index in [0.29, 0.717) is 0 Å². The van der Waals surface area contributed by atoms with E-state index in [2.05, 4.69) is 20.9 Å². The highest BCUT2D eigenvalue weighted by molar-refractivity contribution is 5.98. The van der Waals surface area contributed by atoms with E-state index in [0.717, 1.165) is 34.9 Å². The first-order valence-electron chi connectivity index (χ1n) is 15.3. The number of hydrogen-bond acceptors (Lipinski definition) is 7. The van der Waals surface area contributed by atoms with Crippen LogP contribution in [0.5, 0.6) is 0 Å². The smallest absolute Gasteiger partial charge is 0.407 e. The standard InChI is InChI=1S/C36H39F2N5O5/c1-36(2,3)48-35(47)43-29(19-26-17-27(37)13-14-30(26)38)21-41-33(45)24-6-4-8-28(18-24)42-34(46)32(44)31(39)16-22-9-11-23(12-10-22)25-7-5-15-40-20-25/h4-15,17-18,20,29,31-32,44H,16,19,21,39H2,1-3H3,(H,41,45)(H,42,46)(H,43,47)/t29?,31-,32+/m1/s1. The van der Waals surface area contributed by atoms with Crippen LogP contribution in [0.3, 0.4) is 0 Å². The third-order valence-corrected chi connectivity index (χ3v) is 7.19. The zero-order valence-electron chi connectivity index (χ0n) is 26.9. The van der Waals surface area contributed by atoms with Gasteiger partial charge in [-0.25, -0.2) is 13.6 Å². The van der Waals surface area contributed by atoms with E-state index in [1.54, 1.807) is 45.3 Å². The number of alkyl carbamates (subject to hydrolysis) is 1. The number of aromatic nitrogens is 1. The van der Waals surface area contributed by atoms with Crippen molar-refractivity contribution in [3.05, 3.63) is 120 Å². The van der Waals surface area contributed by atoms with Gasteiger partial charge < -0.3 is 31.5 Å². The van der Waals surface area contributed by atoms with Gasteiger partial charge in [0.25, 0.3) is 11.8 Å². The van der Waals surface area contributed by atoms with E-state index in [4.69, 9.17) is 10.5 Å². The highest BCUT2D eigenvalue weighted by atomic mass is 19.1. The fourth-order valence-corrected chi connectivity index (χ4v) is 4.83. The number of anilines is 1. The van der Waals surface area contributed by atoms with E-state index in [1.165, 1.54) is 12.1 Å². The molecule has 0 saturated heterocycles. The van der Waals surface area contributed by atoms with Crippen LogP contribution in [0.1, 0.15) is 42.3 Å². The molecule has 0 aliphatic heterocycles. The second kappa shape index (κ2) is 16.1. The number of nitrogens with zero attached hydrogens (tertiary/aromatic N) is 1. The molecule has 0 spiro atoms. The van der Waals surface area contributed by atoms with Crippen LogP contribution in [-0.2, 0) is 22.4 Å². The van der Waals surface area contributed by atoms with E-state index in [1.807, 2.05) is 36.4 Å². The van der Waals surface area contributed by atoms with E-state index >= 15 is 0 Å². The summed E-state index contributed by atoms with van der Waals surface area (Å²) in [5.74, 6) is -2.62. The van der Waals surface area contributed by atoms with Gasteiger partial charge in [0.2, 0.25) is 0 Å². The molecule has 0 fully saturated rings. The zero-order valence-corrected chi connectivity index (χ0v) is 26.9. The number of benzene rings is 3. The number of halogens is 2. The average molecular weight is 660 g/mol. The van der Waals surface area contributed by atoms with E-state index < -0.39 is 53.3 Å². The van der Waals surface area contributed by atoms with Gasteiger partial charge in [0, 0.05) is 36.2 Å². The average Bonchev–Trinajstić information content (AvgIpc) is 3.04. The molecule has 0 aliphatic rings. The topological polar surface area (TPSA) is 156 Å². The number of nitrogens with one attached hydrogen (secondary N) is 3. The van der Waals surface area contributed by atoms with Gasteiger partial charge in [-0.15, -0.1) is 0 Å². The largest absolute Gasteiger partial charge is 0.444 e. The second-order valence-electron chi connectivity index (χ2n) is 12.3. The van der Waals surface area contributed by atoms with Gasteiger partial charge in [-0.2, -0.15) is 0 Å². The summed E-state index contributed by atoms with van der Waals surface area (Å²) in [7, 11) is 0. The number of pyridine rings is 1. The molecule has 3 amide bonds. The number of hydrogen-bond donors (Lipinski definition) is 5. The summed E-state index contributed by atoms with van der Waals surface area (Å²) in [5.41, 5.74) is 8.53. The molecule has 1 aromatic heterocycles. The van der Waals surface area contributed by atoms with E-state index in [-0.39, 0.29) is 36.2 Å². The zero-order chi connectivity index (χ0) is 34.8. The lowest BCUT2D eigenvalue weighted by Gasteiger charge is -2.24. The Morgan fingerprint density at radius 3 is 2.38 bits per heavy atom. The van der Waals surface area contributed by atoms with Crippen molar-refractivity contribution >= 4 is 23.6 Å². The van der Waals surface area contributed by atoms with Gasteiger partial charge in [-0.05, 0) is 98.3 Å². The minimum atomic E-state index is -1.54. The lowest BCUT2D eigenvalue weighted by atomic mass is 9.99. The van der Waals surface area contributed by atoms with Gasteiger partial charge in [0.1, 0.15) is 23.3 Å². The molecule has 6 N–H and O–H groups in total. The number of nitrogens with two attached hydrogens (primary N) is 1. The van der Waals surface area contributed by atoms with Crippen LogP contribution in [0.25, 0.3) is 11.1 Å². The monoisotopic (exact) mass is 659 g/mol.